The molecule has 0 aromatic heterocycles. The first-order valence-corrected chi connectivity index (χ1v) is 4.77. The zero-order chi connectivity index (χ0) is 9.15. The van der Waals surface area contributed by atoms with Crippen LogP contribution in [0.1, 0.15) is 6.42 Å². The largest absolute Gasteiger partial charge is 0.385 e. The van der Waals surface area contributed by atoms with E-state index in [-0.39, 0.29) is 5.92 Å². The Bertz CT molecular complexity index is 157. The molecule has 1 N–H and O–H groups in total. The highest BCUT2D eigenvalue weighted by molar-refractivity contribution is 4.89. The van der Waals surface area contributed by atoms with E-state index in [1.54, 1.807) is 0 Å². The Morgan fingerprint density at radius 3 is 2.23 bits per heavy atom. The molecule has 1 unspecified atom stereocenters. The van der Waals surface area contributed by atoms with Gasteiger partial charge in [-0.05, 0) is 6.42 Å². The van der Waals surface area contributed by atoms with E-state index in [2.05, 4.69) is 0 Å². The third-order valence-corrected chi connectivity index (χ3v) is 2.77. The lowest BCUT2D eigenvalue weighted by Crippen LogP contribution is -2.46. The highest BCUT2D eigenvalue weighted by atomic mass is 16.6. The molecule has 1 atom stereocenters. The fourth-order valence-electron chi connectivity index (χ4n) is 1.85. The van der Waals surface area contributed by atoms with E-state index in [4.69, 9.17) is 14.2 Å². The minimum Gasteiger partial charge on any atom is -0.385 e. The minimum atomic E-state index is -0.826. The summed E-state index contributed by atoms with van der Waals surface area (Å²) < 4.78 is 15.8. The predicted molar refractivity (Wildman–Crippen MR) is 45.5 cm³/mol. The molecule has 13 heavy (non-hydrogen) atoms. The van der Waals surface area contributed by atoms with Crippen molar-refractivity contribution in [3.8, 4) is 0 Å². The summed E-state index contributed by atoms with van der Waals surface area (Å²) in [6, 6.07) is 0. The van der Waals surface area contributed by atoms with E-state index in [9.17, 15) is 5.11 Å². The van der Waals surface area contributed by atoms with Crippen LogP contribution in [0.4, 0.5) is 0 Å². The predicted octanol–water partition coefficient (Wildman–Crippen LogP) is -0.199. The molecule has 0 bridgehead atoms. The summed E-state index contributed by atoms with van der Waals surface area (Å²) in [5, 5.41) is 10.2. The van der Waals surface area contributed by atoms with Crippen LogP contribution in [0, 0.1) is 5.92 Å². The first-order valence-electron chi connectivity index (χ1n) is 4.77. The Balaban J connectivity index is 1.98. The molecule has 0 aliphatic carbocycles. The second-order valence-electron chi connectivity index (χ2n) is 3.77. The average Bonchev–Trinajstić information content (AvgIpc) is 2.57. The molecule has 0 amide bonds. The molecular weight excluding hydrogens is 172 g/mol. The normalized spacial score (nSPS) is 34.4. The molecule has 0 aromatic carbocycles. The quantitative estimate of drug-likeness (QED) is 0.619. The molecule has 2 fully saturated rings. The smallest absolute Gasteiger partial charge is 0.116 e. The van der Waals surface area contributed by atoms with Gasteiger partial charge in [0.1, 0.15) is 5.60 Å². The molecule has 4 nitrogen and oxygen atoms in total. The zero-order valence-electron chi connectivity index (χ0n) is 7.70. The summed E-state index contributed by atoms with van der Waals surface area (Å²) in [5.74, 6) is 0.172. The SMILES string of the molecule is OC1(C2CCOC2)COCCOC1. The highest BCUT2D eigenvalue weighted by Gasteiger charge is 2.40. The minimum absolute atomic E-state index is 0.172. The van der Waals surface area contributed by atoms with E-state index in [1.165, 1.54) is 0 Å². The van der Waals surface area contributed by atoms with Crippen molar-refractivity contribution in [2.24, 2.45) is 5.92 Å². The van der Waals surface area contributed by atoms with Crippen LogP contribution in [0.15, 0.2) is 0 Å². The van der Waals surface area contributed by atoms with Gasteiger partial charge in [0.2, 0.25) is 0 Å². The number of hydrogen-bond donors (Lipinski definition) is 1. The summed E-state index contributed by atoms with van der Waals surface area (Å²) in [6.07, 6.45) is 0.906. The van der Waals surface area contributed by atoms with Crippen molar-refractivity contribution in [3.63, 3.8) is 0 Å². The van der Waals surface area contributed by atoms with Gasteiger partial charge in [-0.15, -0.1) is 0 Å². The van der Waals surface area contributed by atoms with Crippen molar-refractivity contribution in [1.29, 1.82) is 0 Å². The van der Waals surface area contributed by atoms with Gasteiger partial charge in [0.05, 0.1) is 33.0 Å². The summed E-state index contributed by atoms with van der Waals surface area (Å²) in [6.45, 7) is 3.28. The van der Waals surface area contributed by atoms with E-state index < -0.39 is 5.60 Å². The van der Waals surface area contributed by atoms with Crippen LogP contribution in [-0.4, -0.2) is 50.3 Å². The number of aliphatic hydroxyl groups is 1. The molecule has 2 saturated heterocycles. The lowest BCUT2D eigenvalue weighted by Gasteiger charge is -2.30. The second kappa shape index (κ2) is 3.92. The number of ether oxygens (including phenoxy) is 3. The molecule has 0 aromatic rings. The Morgan fingerprint density at radius 1 is 1.00 bits per heavy atom. The zero-order valence-corrected chi connectivity index (χ0v) is 7.70. The Morgan fingerprint density at radius 2 is 1.69 bits per heavy atom. The summed E-state index contributed by atoms with van der Waals surface area (Å²) in [4.78, 5) is 0. The third-order valence-electron chi connectivity index (χ3n) is 2.77. The standard InChI is InChI=1S/C9H16O4/c10-9(8-1-2-11-5-8)6-12-3-4-13-7-9/h8,10H,1-7H2. The number of hydrogen-bond acceptors (Lipinski definition) is 4. The van der Waals surface area contributed by atoms with Crippen LogP contribution in [-0.2, 0) is 14.2 Å². The lowest BCUT2D eigenvalue weighted by atomic mass is 9.88. The molecule has 2 rings (SSSR count). The van der Waals surface area contributed by atoms with Crippen LogP contribution in [0.2, 0.25) is 0 Å². The van der Waals surface area contributed by atoms with Crippen LogP contribution in [0.5, 0.6) is 0 Å². The molecule has 0 saturated carbocycles. The topological polar surface area (TPSA) is 47.9 Å². The molecule has 4 heteroatoms. The van der Waals surface area contributed by atoms with Gasteiger partial charge in [-0.2, -0.15) is 0 Å². The highest BCUT2D eigenvalue weighted by Crippen LogP contribution is 2.27. The lowest BCUT2D eigenvalue weighted by molar-refractivity contribution is -0.0956. The molecule has 0 spiro atoms. The molecule has 2 aliphatic heterocycles. The van der Waals surface area contributed by atoms with E-state index in [0.29, 0.717) is 33.0 Å². The molecule has 0 radical (unpaired) electrons. The van der Waals surface area contributed by atoms with Crippen molar-refractivity contribution < 1.29 is 19.3 Å². The third kappa shape index (κ3) is 2.02. The van der Waals surface area contributed by atoms with E-state index in [0.717, 1.165) is 13.0 Å². The van der Waals surface area contributed by atoms with Crippen molar-refractivity contribution in [1.82, 2.24) is 0 Å². The first-order chi connectivity index (χ1) is 6.31. The van der Waals surface area contributed by atoms with Gasteiger partial charge in [0, 0.05) is 12.5 Å². The molecule has 2 aliphatic rings. The Kier molecular flexibility index (Phi) is 2.83. The van der Waals surface area contributed by atoms with Crippen molar-refractivity contribution in [2.75, 3.05) is 39.6 Å². The van der Waals surface area contributed by atoms with Crippen LogP contribution < -0.4 is 0 Å². The Labute approximate surface area is 77.8 Å². The number of rotatable bonds is 1. The summed E-state index contributed by atoms with van der Waals surface area (Å²) in [5.41, 5.74) is -0.826. The first kappa shape index (κ1) is 9.40. The van der Waals surface area contributed by atoms with Gasteiger partial charge < -0.3 is 19.3 Å². The maximum Gasteiger partial charge on any atom is 0.116 e. The molecule has 76 valence electrons. The monoisotopic (exact) mass is 188 g/mol. The van der Waals surface area contributed by atoms with Gasteiger partial charge >= 0.3 is 0 Å². The van der Waals surface area contributed by atoms with Gasteiger partial charge in [0.15, 0.2) is 0 Å². The maximum atomic E-state index is 10.2. The van der Waals surface area contributed by atoms with E-state index in [1.807, 2.05) is 0 Å². The van der Waals surface area contributed by atoms with Crippen molar-refractivity contribution in [3.05, 3.63) is 0 Å². The van der Waals surface area contributed by atoms with Gasteiger partial charge in [0.25, 0.3) is 0 Å². The average molecular weight is 188 g/mol. The van der Waals surface area contributed by atoms with Crippen molar-refractivity contribution in [2.45, 2.75) is 12.0 Å². The summed E-state index contributed by atoms with van der Waals surface area (Å²) >= 11 is 0. The maximum absolute atomic E-state index is 10.2. The fourth-order valence-corrected chi connectivity index (χ4v) is 1.85. The van der Waals surface area contributed by atoms with Gasteiger partial charge in [-0.25, -0.2) is 0 Å². The van der Waals surface area contributed by atoms with Gasteiger partial charge in [-0.1, -0.05) is 0 Å². The van der Waals surface area contributed by atoms with Gasteiger partial charge in [-0.3, -0.25) is 0 Å². The molecule has 2 heterocycles. The van der Waals surface area contributed by atoms with E-state index >= 15 is 0 Å². The fraction of sp³-hybridized carbons (Fsp3) is 1.00. The Hall–Kier alpha value is -0.160. The van der Waals surface area contributed by atoms with Crippen molar-refractivity contribution >= 4 is 0 Å². The molecular formula is C9H16O4. The van der Waals surface area contributed by atoms with Crippen LogP contribution in [0.3, 0.4) is 0 Å². The second-order valence-corrected chi connectivity index (χ2v) is 3.77. The van der Waals surface area contributed by atoms with Crippen LogP contribution >= 0.6 is 0 Å². The summed E-state index contributed by atoms with van der Waals surface area (Å²) in [7, 11) is 0. The van der Waals surface area contributed by atoms with Crippen LogP contribution in [0.25, 0.3) is 0 Å².